The van der Waals surface area contributed by atoms with E-state index in [0.29, 0.717) is 22.9 Å². The number of aromatic nitrogens is 2. The number of benzene rings is 1. The van der Waals surface area contributed by atoms with Crippen LogP contribution in [0.15, 0.2) is 40.0 Å². The molecule has 5 nitrogen and oxygen atoms in total. The Hall–Kier alpha value is -1.82. The first kappa shape index (κ1) is 17.0. The van der Waals surface area contributed by atoms with E-state index in [-0.39, 0.29) is 11.2 Å². The molecule has 1 saturated heterocycles. The molecule has 1 aliphatic heterocycles. The molecule has 1 fully saturated rings. The molecule has 1 amide bonds. The average molecular weight is 345 g/mol. The Bertz CT molecular complexity index is 679. The summed E-state index contributed by atoms with van der Waals surface area (Å²) in [5.41, 5.74) is 0.884. The minimum absolute atomic E-state index is 0.151. The lowest BCUT2D eigenvalue weighted by Crippen LogP contribution is -2.45. The predicted molar refractivity (Wildman–Crippen MR) is 94.6 cm³/mol. The number of carbonyl (C=O) groups is 1. The maximum atomic E-state index is 12.7. The van der Waals surface area contributed by atoms with Crippen molar-refractivity contribution < 1.29 is 9.21 Å². The number of piperidine rings is 1. The van der Waals surface area contributed by atoms with Crippen molar-refractivity contribution in [1.82, 2.24) is 15.1 Å². The van der Waals surface area contributed by atoms with Crippen LogP contribution in [-0.2, 0) is 4.79 Å². The first-order chi connectivity index (χ1) is 11.5. The first-order valence-corrected chi connectivity index (χ1v) is 9.25. The Labute approximate surface area is 146 Å². The summed E-state index contributed by atoms with van der Waals surface area (Å²) in [6, 6.07) is 9.64. The fourth-order valence-electron chi connectivity index (χ4n) is 3.26. The number of nitrogens with zero attached hydrogens (tertiary/aromatic N) is 3. The predicted octanol–water partition coefficient (Wildman–Crippen LogP) is 3.72. The van der Waals surface area contributed by atoms with Crippen LogP contribution in [0.4, 0.5) is 0 Å². The van der Waals surface area contributed by atoms with Gasteiger partial charge in [-0.15, -0.1) is 10.2 Å². The lowest BCUT2D eigenvalue weighted by molar-refractivity contribution is -0.132. The van der Waals surface area contributed by atoms with Gasteiger partial charge in [0, 0.05) is 18.7 Å². The molecule has 0 radical (unpaired) electrons. The molecule has 0 spiro atoms. The number of hydrogen-bond acceptors (Lipinski definition) is 5. The van der Waals surface area contributed by atoms with Crippen LogP contribution in [0.3, 0.4) is 0 Å². The van der Waals surface area contributed by atoms with E-state index in [9.17, 15) is 4.79 Å². The number of likely N-dealkylation sites (tertiary alicyclic amines) is 1. The van der Waals surface area contributed by atoms with Crippen LogP contribution in [0.1, 0.15) is 27.2 Å². The van der Waals surface area contributed by atoms with Gasteiger partial charge in [-0.2, -0.15) is 0 Å². The van der Waals surface area contributed by atoms with Gasteiger partial charge in [-0.05, 0) is 37.3 Å². The van der Waals surface area contributed by atoms with Crippen molar-refractivity contribution in [3.05, 3.63) is 30.3 Å². The van der Waals surface area contributed by atoms with E-state index in [2.05, 4.69) is 24.0 Å². The fraction of sp³-hybridized carbons (Fsp3) is 0.500. The zero-order valence-electron chi connectivity index (χ0n) is 14.3. The molecule has 1 aliphatic rings. The van der Waals surface area contributed by atoms with Gasteiger partial charge in [-0.3, -0.25) is 4.79 Å². The van der Waals surface area contributed by atoms with E-state index in [1.54, 1.807) is 0 Å². The van der Waals surface area contributed by atoms with Gasteiger partial charge in [0.15, 0.2) is 0 Å². The van der Waals surface area contributed by atoms with Crippen LogP contribution >= 0.6 is 11.8 Å². The highest BCUT2D eigenvalue weighted by molar-refractivity contribution is 8.00. The quantitative estimate of drug-likeness (QED) is 0.790. The molecule has 3 unspecified atom stereocenters. The summed E-state index contributed by atoms with van der Waals surface area (Å²) < 4.78 is 5.69. The lowest BCUT2D eigenvalue weighted by atomic mass is 9.92. The van der Waals surface area contributed by atoms with E-state index in [1.807, 2.05) is 42.2 Å². The Morgan fingerprint density at radius 3 is 2.54 bits per heavy atom. The molecule has 0 aliphatic carbocycles. The number of carbonyl (C=O) groups excluding carboxylic acids is 1. The third-order valence-electron chi connectivity index (χ3n) is 4.23. The van der Waals surface area contributed by atoms with Crippen LogP contribution in [0.5, 0.6) is 0 Å². The van der Waals surface area contributed by atoms with Gasteiger partial charge in [0.2, 0.25) is 11.8 Å². The smallest absolute Gasteiger partial charge is 0.277 e. The minimum atomic E-state index is -0.230. The van der Waals surface area contributed by atoms with Gasteiger partial charge < -0.3 is 9.32 Å². The van der Waals surface area contributed by atoms with Crippen LogP contribution in [0.2, 0.25) is 0 Å². The zero-order valence-corrected chi connectivity index (χ0v) is 15.1. The molecule has 6 heteroatoms. The molecule has 1 aromatic carbocycles. The molecule has 0 bridgehead atoms. The summed E-state index contributed by atoms with van der Waals surface area (Å²) >= 11 is 1.33. The van der Waals surface area contributed by atoms with Gasteiger partial charge in [-0.25, -0.2) is 0 Å². The van der Waals surface area contributed by atoms with Gasteiger partial charge in [-0.1, -0.05) is 43.8 Å². The van der Waals surface area contributed by atoms with Crippen LogP contribution in [-0.4, -0.2) is 39.3 Å². The maximum absolute atomic E-state index is 12.7. The molecule has 24 heavy (non-hydrogen) atoms. The van der Waals surface area contributed by atoms with Crippen molar-refractivity contribution in [3.8, 4) is 11.5 Å². The van der Waals surface area contributed by atoms with E-state index >= 15 is 0 Å². The highest BCUT2D eigenvalue weighted by atomic mass is 32.2. The van der Waals surface area contributed by atoms with E-state index in [1.165, 1.54) is 18.2 Å². The van der Waals surface area contributed by atoms with Gasteiger partial charge in [0.05, 0.1) is 5.25 Å². The monoisotopic (exact) mass is 345 g/mol. The summed E-state index contributed by atoms with van der Waals surface area (Å²) in [4.78, 5) is 14.7. The summed E-state index contributed by atoms with van der Waals surface area (Å²) in [5.74, 6) is 1.75. The minimum Gasteiger partial charge on any atom is -0.411 e. The van der Waals surface area contributed by atoms with Crippen molar-refractivity contribution in [2.75, 3.05) is 13.1 Å². The van der Waals surface area contributed by atoms with E-state index in [4.69, 9.17) is 4.42 Å². The molecule has 3 atom stereocenters. The number of thioether (sulfide) groups is 1. The van der Waals surface area contributed by atoms with Crippen molar-refractivity contribution in [1.29, 1.82) is 0 Å². The second kappa shape index (κ2) is 7.38. The van der Waals surface area contributed by atoms with Gasteiger partial charge in [0.25, 0.3) is 5.22 Å². The number of rotatable bonds is 4. The maximum Gasteiger partial charge on any atom is 0.277 e. The second-order valence-corrected chi connectivity index (χ2v) is 7.98. The number of amides is 1. The molecular weight excluding hydrogens is 322 g/mol. The second-order valence-electron chi connectivity index (χ2n) is 6.69. The third kappa shape index (κ3) is 3.98. The Morgan fingerprint density at radius 1 is 1.21 bits per heavy atom. The average Bonchev–Trinajstić information content (AvgIpc) is 3.02. The zero-order chi connectivity index (χ0) is 17.1. The van der Waals surface area contributed by atoms with Crippen LogP contribution < -0.4 is 0 Å². The fourth-order valence-corrected chi connectivity index (χ4v) is 4.02. The van der Waals surface area contributed by atoms with Crippen molar-refractivity contribution in [2.45, 2.75) is 37.7 Å². The molecule has 2 heterocycles. The molecule has 2 aromatic rings. The van der Waals surface area contributed by atoms with Crippen molar-refractivity contribution >= 4 is 17.7 Å². The van der Waals surface area contributed by atoms with E-state index in [0.717, 1.165) is 18.7 Å². The summed E-state index contributed by atoms with van der Waals surface area (Å²) in [5, 5.41) is 8.35. The summed E-state index contributed by atoms with van der Waals surface area (Å²) in [6.07, 6.45) is 1.19. The molecule has 0 saturated carbocycles. The van der Waals surface area contributed by atoms with Crippen molar-refractivity contribution in [3.63, 3.8) is 0 Å². The van der Waals surface area contributed by atoms with Crippen LogP contribution in [0, 0.1) is 11.8 Å². The Morgan fingerprint density at radius 2 is 1.88 bits per heavy atom. The first-order valence-electron chi connectivity index (χ1n) is 8.37. The molecule has 1 aromatic heterocycles. The SMILES string of the molecule is CC1CC(C)CN(C(=O)C(C)Sc2nnc(-c3ccccc3)o2)C1. The summed E-state index contributed by atoms with van der Waals surface area (Å²) in [6.45, 7) is 8.00. The molecule has 3 rings (SSSR count). The molecular formula is C18H23N3O2S. The highest BCUT2D eigenvalue weighted by Crippen LogP contribution is 2.28. The topological polar surface area (TPSA) is 59.2 Å². The Kier molecular flexibility index (Phi) is 5.23. The van der Waals surface area contributed by atoms with Crippen molar-refractivity contribution in [2.24, 2.45) is 11.8 Å². The Balaban J connectivity index is 1.63. The van der Waals surface area contributed by atoms with Gasteiger partial charge in [0.1, 0.15) is 0 Å². The molecule has 0 N–H and O–H groups in total. The third-order valence-corrected chi connectivity index (χ3v) is 5.15. The molecule has 128 valence electrons. The number of hydrogen-bond donors (Lipinski definition) is 0. The normalized spacial score (nSPS) is 22.4. The van der Waals surface area contributed by atoms with E-state index < -0.39 is 0 Å². The highest BCUT2D eigenvalue weighted by Gasteiger charge is 2.29. The van der Waals surface area contributed by atoms with Gasteiger partial charge >= 0.3 is 0 Å². The lowest BCUT2D eigenvalue weighted by Gasteiger charge is -2.36. The summed E-state index contributed by atoms with van der Waals surface area (Å²) in [7, 11) is 0. The standard InChI is InChI=1S/C18H23N3O2S/c1-12-9-13(2)11-21(10-12)17(22)14(3)24-18-20-19-16(23-18)15-7-5-4-6-8-15/h4-8,12-14H,9-11H2,1-3H3. The van der Waals surface area contributed by atoms with Crippen LogP contribution in [0.25, 0.3) is 11.5 Å². The largest absolute Gasteiger partial charge is 0.411 e.